The third-order valence-corrected chi connectivity index (χ3v) is 7.39. The Hall–Kier alpha value is -1.68. The van der Waals surface area contributed by atoms with E-state index < -0.39 is 11.9 Å². The summed E-state index contributed by atoms with van der Waals surface area (Å²) in [6.07, 6.45) is 8.18. The van der Waals surface area contributed by atoms with Gasteiger partial charge in [-0.2, -0.15) is 0 Å². The number of ether oxygens (including phenoxy) is 1. The smallest absolute Gasteiger partial charge is 0.346 e. The number of hydrogen-bond donors (Lipinski definition) is 0. The molecule has 6 rings (SSSR count). The fourth-order valence-corrected chi connectivity index (χ4v) is 6.81. The highest BCUT2D eigenvalue weighted by atomic mass is 32.1. The second-order valence-electron chi connectivity index (χ2n) is 7.81. The third-order valence-electron chi connectivity index (χ3n) is 6.43. The van der Waals surface area contributed by atoms with Crippen LogP contribution in [0.3, 0.4) is 0 Å². The molecule has 4 aliphatic carbocycles. The molecule has 0 unspecified atom stereocenters. The lowest BCUT2D eigenvalue weighted by Crippen LogP contribution is -2.43. The Balaban J connectivity index is 1.71. The second-order valence-corrected chi connectivity index (χ2v) is 8.73. The minimum Gasteiger partial charge on any atom is -0.386 e. The maximum absolute atomic E-state index is 11.9. The molecule has 4 heteroatoms. The molecule has 3 nitrogen and oxygen atoms in total. The van der Waals surface area contributed by atoms with Crippen molar-refractivity contribution in [1.82, 2.24) is 0 Å². The predicted octanol–water partition coefficient (Wildman–Crippen LogP) is 2.54. The molecule has 0 saturated heterocycles. The highest BCUT2D eigenvalue weighted by Gasteiger charge is 2.45. The van der Waals surface area contributed by atoms with Gasteiger partial charge in [0.2, 0.25) is 0 Å². The molecule has 0 aromatic carbocycles. The van der Waals surface area contributed by atoms with Crippen LogP contribution >= 0.6 is 11.3 Å². The standard InChI is InChI=1S/C20H20O3S/c1-10(16-9-17(21)23-20(16)22)15-2-3-24-19(15)18-13-5-11-4-12(7-13)8-14(18)6-11/h2-3,9,11-14H,4-8H2,1H3. The van der Waals surface area contributed by atoms with Crippen LogP contribution in [-0.4, -0.2) is 11.9 Å². The molecule has 0 spiro atoms. The molecule has 0 atom stereocenters. The minimum absolute atomic E-state index is 0.420. The van der Waals surface area contributed by atoms with Gasteiger partial charge in [0.15, 0.2) is 0 Å². The zero-order valence-electron chi connectivity index (χ0n) is 13.7. The van der Waals surface area contributed by atoms with Crippen LogP contribution in [0.5, 0.6) is 0 Å². The van der Waals surface area contributed by atoms with Gasteiger partial charge in [-0.3, -0.25) is 0 Å². The van der Waals surface area contributed by atoms with E-state index in [1.54, 1.807) is 16.9 Å². The molecule has 0 amide bonds. The highest BCUT2D eigenvalue weighted by molar-refractivity contribution is 7.07. The molecule has 4 bridgehead atoms. The number of carbonyl (C=O) groups excluding carboxylic acids is 2. The van der Waals surface area contributed by atoms with Crippen LogP contribution < -0.4 is 9.75 Å². The monoisotopic (exact) mass is 340 g/mol. The third kappa shape index (κ3) is 2.08. The van der Waals surface area contributed by atoms with E-state index >= 15 is 0 Å². The fraction of sp³-hybridized carbons (Fsp3) is 0.500. The zero-order chi connectivity index (χ0) is 16.4. The van der Waals surface area contributed by atoms with Gasteiger partial charge in [0.1, 0.15) is 0 Å². The Bertz CT molecular complexity index is 872. The first-order chi connectivity index (χ1) is 11.6. The zero-order valence-corrected chi connectivity index (χ0v) is 14.5. The second kappa shape index (κ2) is 5.16. The van der Waals surface area contributed by atoms with Crippen LogP contribution in [0.2, 0.25) is 0 Å². The summed E-state index contributed by atoms with van der Waals surface area (Å²) in [5.74, 6) is 2.29. The quantitative estimate of drug-likeness (QED) is 0.583. The van der Waals surface area contributed by atoms with Crippen molar-refractivity contribution in [3.8, 4) is 0 Å². The molecule has 5 aliphatic rings. The number of hydrogen-bond acceptors (Lipinski definition) is 4. The molecule has 1 aromatic rings. The molecule has 124 valence electrons. The van der Waals surface area contributed by atoms with Crippen LogP contribution in [0.1, 0.15) is 39.0 Å². The first kappa shape index (κ1) is 14.6. The summed E-state index contributed by atoms with van der Waals surface area (Å²) < 4.78 is 6.03. The van der Waals surface area contributed by atoms with Crippen LogP contribution in [0.15, 0.2) is 23.1 Å². The number of thiophene rings is 1. The van der Waals surface area contributed by atoms with Gasteiger partial charge in [-0.1, -0.05) is 0 Å². The Kier molecular flexibility index (Phi) is 3.15. The molecular weight excluding hydrogens is 320 g/mol. The lowest BCUT2D eigenvalue weighted by Gasteiger charge is -2.51. The number of carbonyl (C=O) groups is 2. The highest BCUT2D eigenvalue weighted by Crippen LogP contribution is 2.56. The maximum atomic E-state index is 11.9. The number of esters is 2. The van der Waals surface area contributed by atoms with Gasteiger partial charge < -0.3 is 4.74 Å². The summed E-state index contributed by atoms with van der Waals surface area (Å²) in [6, 6.07) is 2.10. The first-order valence-corrected chi connectivity index (χ1v) is 9.75. The van der Waals surface area contributed by atoms with Gasteiger partial charge in [0.05, 0.1) is 5.57 Å². The van der Waals surface area contributed by atoms with Crippen molar-refractivity contribution in [3.05, 3.63) is 32.8 Å². The largest absolute Gasteiger partial charge is 0.386 e. The molecule has 4 saturated carbocycles. The van der Waals surface area contributed by atoms with Gasteiger partial charge >= 0.3 is 11.9 Å². The van der Waals surface area contributed by atoms with E-state index in [-0.39, 0.29) is 0 Å². The fourth-order valence-electron chi connectivity index (χ4n) is 5.65. The number of rotatable bonds is 1. The average Bonchev–Trinajstić information content (AvgIpc) is 3.12. The van der Waals surface area contributed by atoms with Gasteiger partial charge in [0, 0.05) is 10.6 Å². The van der Waals surface area contributed by atoms with Crippen molar-refractivity contribution >= 4 is 34.4 Å². The molecule has 1 aliphatic heterocycles. The topological polar surface area (TPSA) is 43.4 Å². The van der Waals surface area contributed by atoms with Crippen molar-refractivity contribution in [2.24, 2.45) is 23.7 Å². The Morgan fingerprint density at radius 1 is 1.08 bits per heavy atom. The van der Waals surface area contributed by atoms with Crippen LogP contribution in [-0.2, 0) is 14.3 Å². The van der Waals surface area contributed by atoms with E-state index in [0.29, 0.717) is 5.57 Å². The van der Waals surface area contributed by atoms with Crippen molar-refractivity contribution in [3.63, 3.8) is 0 Å². The van der Waals surface area contributed by atoms with Gasteiger partial charge in [-0.05, 0) is 90.5 Å². The average molecular weight is 340 g/mol. The van der Waals surface area contributed by atoms with E-state index in [9.17, 15) is 9.59 Å². The minimum atomic E-state index is -0.548. The van der Waals surface area contributed by atoms with Crippen molar-refractivity contribution in [2.45, 2.75) is 39.0 Å². The van der Waals surface area contributed by atoms with Gasteiger partial charge in [-0.15, -0.1) is 11.3 Å². The lowest BCUT2D eigenvalue weighted by molar-refractivity contribution is -0.150. The van der Waals surface area contributed by atoms with E-state index in [1.165, 1.54) is 42.7 Å². The summed E-state index contributed by atoms with van der Waals surface area (Å²) in [6.45, 7) is 1.94. The van der Waals surface area contributed by atoms with Gasteiger partial charge in [-0.25, -0.2) is 9.59 Å². The Morgan fingerprint density at radius 2 is 1.75 bits per heavy atom. The van der Waals surface area contributed by atoms with Crippen LogP contribution in [0, 0.1) is 23.7 Å². The van der Waals surface area contributed by atoms with Crippen molar-refractivity contribution in [2.75, 3.05) is 0 Å². The summed E-state index contributed by atoms with van der Waals surface area (Å²) in [5, 5.41) is 3.25. The Labute approximate surface area is 144 Å². The van der Waals surface area contributed by atoms with Crippen LogP contribution in [0.4, 0.5) is 0 Å². The Morgan fingerprint density at radius 3 is 2.33 bits per heavy atom. The predicted molar refractivity (Wildman–Crippen MR) is 92.3 cm³/mol. The summed E-state index contributed by atoms with van der Waals surface area (Å²) in [5.41, 5.74) is 2.94. The van der Waals surface area contributed by atoms with E-state index in [2.05, 4.69) is 16.2 Å². The van der Waals surface area contributed by atoms with Crippen molar-refractivity contribution < 1.29 is 14.3 Å². The molecule has 24 heavy (non-hydrogen) atoms. The molecule has 0 radical (unpaired) electrons. The van der Waals surface area contributed by atoms with Crippen LogP contribution in [0.25, 0.3) is 11.1 Å². The summed E-state index contributed by atoms with van der Waals surface area (Å²) in [4.78, 5) is 23.3. The van der Waals surface area contributed by atoms with Crippen molar-refractivity contribution in [1.29, 1.82) is 0 Å². The van der Waals surface area contributed by atoms with E-state index in [0.717, 1.165) is 34.5 Å². The maximum Gasteiger partial charge on any atom is 0.346 e. The molecule has 4 fully saturated rings. The molecular formula is C20H20O3S. The van der Waals surface area contributed by atoms with E-state index in [4.69, 9.17) is 0 Å². The summed E-state index contributed by atoms with van der Waals surface area (Å²) >= 11 is 1.80. The molecule has 0 N–H and O–H groups in total. The van der Waals surface area contributed by atoms with E-state index in [1.807, 2.05) is 6.92 Å². The molecule has 1 aromatic heterocycles. The first-order valence-electron chi connectivity index (χ1n) is 8.87. The SMILES string of the molecule is CC(C1=CC(=O)OC1=O)=c1ccsc1=C1C2CC3CC(C2)CC1C3. The van der Waals surface area contributed by atoms with Gasteiger partial charge in [0.25, 0.3) is 0 Å². The lowest BCUT2D eigenvalue weighted by atomic mass is 9.54. The number of cyclic esters (lactones) is 2. The molecule has 2 heterocycles. The summed E-state index contributed by atoms with van der Waals surface area (Å²) in [7, 11) is 0. The normalized spacial score (nSPS) is 35.4.